The third-order valence-electron chi connectivity index (χ3n) is 2.32. The van der Waals surface area contributed by atoms with Crippen LogP contribution in [-0.4, -0.2) is 23.2 Å². The van der Waals surface area contributed by atoms with Crippen LogP contribution in [-0.2, 0) is 13.1 Å². The van der Waals surface area contributed by atoms with Gasteiger partial charge in [0.25, 0.3) is 0 Å². The fourth-order valence-corrected chi connectivity index (χ4v) is 2.28. The maximum Gasteiger partial charge on any atom is 0.134 e. The zero-order valence-electron chi connectivity index (χ0n) is 9.22. The van der Waals surface area contributed by atoms with Crippen LogP contribution in [0, 0.1) is 0 Å². The molecule has 2 heterocycles. The molecule has 1 N–H and O–H groups in total. The number of ether oxygens (including phenoxy) is 1. The molecule has 0 aliphatic rings. The molecule has 2 rings (SSSR count). The van der Waals surface area contributed by atoms with E-state index in [-0.39, 0.29) is 0 Å². The maximum atomic E-state index is 5.24. The minimum Gasteiger partial charge on any atom is -0.496 e. The Morgan fingerprint density at radius 3 is 3.25 bits per heavy atom. The van der Waals surface area contributed by atoms with Crippen molar-refractivity contribution in [1.29, 1.82) is 0 Å². The summed E-state index contributed by atoms with van der Waals surface area (Å²) in [5.41, 5.74) is 0. The summed E-state index contributed by atoms with van der Waals surface area (Å²) in [5, 5.41) is 5.43. The first kappa shape index (κ1) is 11.2. The summed E-state index contributed by atoms with van der Waals surface area (Å²) in [4.78, 5) is 5.24. The Morgan fingerprint density at radius 1 is 1.56 bits per heavy atom. The second-order valence-corrected chi connectivity index (χ2v) is 4.39. The van der Waals surface area contributed by atoms with Crippen LogP contribution in [0.25, 0.3) is 0 Å². The van der Waals surface area contributed by atoms with E-state index in [1.54, 1.807) is 24.6 Å². The van der Waals surface area contributed by atoms with E-state index in [9.17, 15) is 0 Å². The number of imidazole rings is 1. The smallest absolute Gasteiger partial charge is 0.134 e. The predicted molar refractivity (Wildman–Crippen MR) is 64.8 cm³/mol. The molecule has 0 amide bonds. The third kappa shape index (κ3) is 2.84. The van der Waals surface area contributed by atoms with E-state index in [2.05, 4.69) is 14.9 Å². The molecule has 0 radical (unpaired) electrons. The largest absolute Gasteiger partial charge is 0.496 e. The lowest BCUT2D eigenvalue weighted by Crippen LogP contribution is -2.18. The van der Waals surface area contributed by atoms with Crippen molar-refractivity contribution in [2.45, 2.75) is 13.1 Å². The van der Waals surface area contributed by atoms with Gasteiger partial charge in [0.05, 0.1) is 18.3 Å². The van der Waals surface area contributed by atoms with E-state index in [0.717, 1.165) is 25.4 Å². The molecular weight excluding hydrogens is 222 g/mol. The average molecular weight is 237 g/mol. The second-order valence-electron chi connectivity index (χ2n) is 3.39. The van der Waals surface area contributed by atoms with Crippen LogP contribution in [0.2, 0.25) is 0 Å². The molecule has 2 aromatic rings. The number of methoxy groups -OCH3 is 1. The van der Waals surface area contributed by atoms with Gasteiger partial charge in [-0.3, -0.25) is 0 Å². The maximum absolute atomic E-state index is 5.24. The van der Waals surface area contributed by atoms with Gasteiger partial charge in [-0.05, 0) is 11.4 Å². The van der Waals surface area contributed by atoms with Crippen LogP contribution in [0.3, 0.4) is 0 Å². The minimum absolute atomic E-state index is 0.857. The lowest BCUT2D eigenvalue weighted by Gasteiger charge is -2.05. The summed E-state index contributed by atoms with van der Waals surface area (Å²) in [5.74, 6) is 0.972. The molecule has 0 saturated carbocycles. The van der Waals surface area contributed by atoms with Crippen LogP contribution >= 0.6 is 11.3 Å². The van der Waals surface area contributed by atoms with Gasteiger partial charge >= 0.3 is 0 Å². The normalized spacial score (nSPS) is 10.6. The van der Waals surface area contributed by atoms with Gasteiger partial charge < -0.3 is 14.6 Å². The molecule has 5 heteroatoms. The van der Waals surface area contributed by atoms with E-state index < -0.39 is 0 Å². The number of hydrogen-bond donors (Lipinski definition) is 1. The fourth-order valence-electron chi connectivity index (χ4n) is 1.47. The summed E-state index contributed by atoms with van der Waals surface area (Å²) in [7, 11) is 1.71. The van der Waals surface area contributed by atoms with Gasteiger partial charge in [0.1, 0.15) is 5.75 Å². The topological polar surface area (TPSA) is 39.1 Å². The quantitative estimate of drug-likeness (QED) is 0.778. The number of hydrogen-bond acceptors (Lipinski definition) is 4. The zero-order chi connectivity index (χ0) is 11.2. The summed E-state index contributed by atoms with van der Waals surface area (Å²) >= 11 is 1.72. The van der Waals surface area contributed by atoms with Crippen molar-refractivity contribution in [3.05, 3.63) is 35.0 Å². The molecule has 0 saturated heterocycles. The second kappa shape index (κ2) is 5.67. The van der Waals surface area contributed by atoms with Gasteiger partial charge in [-0.1, -0.05) is 0 Å². The van der Waals surface area contributed by atoms with Crippen molar-refractivity contribution < 1.29 is 4.74 Å². The third-order valence-corrected chi connectivity index (χ3v) is 3.22. The standard InChI is InChI=1S/C11H15N3OS/c1-15-10-2-7-16-11(10)8-12-3-5-14-6-4-13-9-14/h2,4,6-7,9,12H,3,5,8H2,1H3. The molecular formula is C11H15N3OS. The van der Waals surface area contributed by atoms with Crippen molar-refractivity contribution in [3.63, 3.8) is 0 Å². The highest BCUT2D eigenvalue weighted by Gasteiger charge is 2.02. The van der Waals surface area contributed by atoms with E-state index in [4.69, 9.17) is 4.74 Å². The van der Waals surface area contributed by atoms with Crippen molar-refractivity contribution in [1.82, 2.24) is 14.9 Å². The van der Waals surface area contributed by atoms with Gasteiger partial charge in [0.2, 0.25) is 0 Å². The molecule has 0 spiro atoms. The van der Waals surface area contributed by atoms with E-state index in [1.165, 1.54) is 4.88 Å². The Hall–Kier alpha value is -1.33. The number of nitrogens with one attached hydrogen (secondary N) is 1. The highest BCUT2D eigenvalue weighted by Crippen LogP contribution is 2.23. The first-order chi connectivity index (χ1) is 7.90. The summed E-state index contributed by atoms with van der Waals surface area (Å²) < 4.78 is 7.30. The Balaban J connectivity index is 1.72. The number of thiophene rings is 1. The molecule has 4 nitrogen and oxygen atoms in total. The van der Waals surface area contributed by atoms with Crippen molar-refractivity contribution in [2.24, 2.45) is 0 Å². The molecule has 0 atom stereocenters. The highest BCUT2D eigenvalue weighted by atomic mass is 32.1. The molecule has 0 unspecified atom stereocenters. The summed E-state index contributed by atoms with van der Waals surface area (Å²) in [6.07, 6.45) is 5.59. The van der Waals surface area contributed by atoms with Gasteiger partial charge in [-0.15, -0.1) is 11.3 Å². The number of nitrogens with zero attached hydrogens (tertiary/aromatic N) is 2. The van der Waals surface area contributed by atoms with Crippen LogP contribution in [0.1, 0.15) is 4.88 Å². The first-order valence-electron chi connectivity index (χ1n) is 5.17. The van der Waals surface area contributed by atoms with E-state index in [1.807, 2.05) is 24.0 Å². The monoisotopic (exact) mass is 237 g/mol. The summed E-state index contributed by atoms with van der Waals surface area (Å²) in [6.45, 7) is 2.72. The summed E-state index contributed by atoms with van der Waals surface area (Å²) in [6, 6.07) is 2.00. The van der Waals surface area contributed by atoms with Crippen LogP contribution in [0.4, 0.5) is 0 Å². The Bertz CT molecular complexity index is 411. The van der Waals surface area contributed by atoms with Gasteiger partial charge in [-0.2, -0.15) is 0 Å². The lowest BCUT2D eigenvalue weighted by atomic mass is 10.4. The van der Waals surface area contributed by atoms with Crippen molar-refractivity contribution in [3.8, 4) is 5.75 Å². The lowest BCUT2D eigenvalue weighted by molar-refractivity contribution is 0.410. The number of aromatic nitrogens is 2. The van der Waals surface area contributed by atoms with Gasteiger partial charge in [0.15, 0.2) is 0 Å². The fraction of sp³-hybridized carbons (Fsp3) is 0.364. The van der Waals surface area contributed by atoms with Crippen molar-refractivity contribution in [2.75, 3.05) is 13.7 Å². The molecule has 0 aromatic carbocycles. The molecule has 86 valence electrons. The molecule has 0 aliphatic carbocycles. The van der Waals surface area contributed by atoms with Crippen LogP contribution in [0.15, 0.2) is 30.2 Å². The van der Waals surface area contributed by atoms with Crippen LogP contribution < -0.4 is 10.1 Å². The molecule has 2 aromatic heterocycles. The Kier molecular flexibility index (Phi) is 3.96. The molecule has 16 heavy (non-hydrogen) atoms. The SMILES string of the molecule is COc1ccsc1CNCCn1ccnc1. The molecule has 0 bridgehead atoms. The van der Waals surface area contributed by atoms with E-state index >= 15 is 0 Å². The van der Waals surface area contributed by atoms with Gasteiger partial charge in [0, 0.05) is 32.0 Å². The Morgan fingerprint density at radius 2 is 2.50 bits per heavy atom. The molecule has 0 aliphatic heterocycles. The van der Waals surface area contributed by atoms with Crippen LogP contribution in [0.5, 0.6) is 5.75 Å². The minimum atomic E-state index is 0.857. The predicted octanol–water partition coefficient (Wildman–Crippen LogP) is 1.74. The first-order valence-corrected chi connectivity index (χ1v) is 6.05. The number of rotatable bonds is 6. The average Bonchev–Trinajstić information content (AvgIpc) is 2.95. The zero-order valence-corrected chi connectivity index (χ0v) is 10.0. The van der Waals surface area contributed by atoms with Crippen molar-refractivity contribution >= 4 is 11.3 Å². The molecule has 0 fully saturated rings. The highest BCUT2D eigenvalue weighted by molar-refractivity contribution is 7.10. The Labute approximate surface area is 98.9 Å². The van der Waals surface area contributed by atoms with Gasteiger partial charge in [-0.25, -0.2) is 4.98 Å². The van der Waals surface area contributed by atoms with E-state index in [0.29, 0.717) is 0 Å².